The van der Waals surface area contributed by atoms with E-state index in [2.05, 4.69) is 4.74 Å². The molecule has 0 unspecified atom stereocenters. The summed E-state index contributed by atoms with van der Waals surface area (Å²) in [6.07, 6.45) is -12.3. The number of benzene rings is 3. The van der Waals surface area contributed by atoms with Gasteiger partial charge >= 0.3 is 18.4 Å². The summed E-state index contributed by atoms with van der Waals surface area (Å²) in [7, 11) is -4.62. The quantitative estimate of drug-likeness (QED) is 0.209. The van der Waals surface area contributed by atoms with E-state index >= 15 is 0 Å². The van der Waals surface area contributed by atoms with Crippen molar-refractivity contribution in [3.05, 3.63) is 101 Å². The van der Waals surface area contributed by atoms with Crippen molar-refractivity contribution in [1.29, 1.82) is 0 Å². The van der Waals surface area contributed by atoms with Crippen LogP contribution >= 0.6 is 0 Å². The van der Waals surface area contributed by atoms with Crippen molar-refractivity contribution >= 4 is 15.9 Å². The highest BCUT2D eigenvalue weighted by Gasteiger charge is 2.73. The lowest BCUT2D eigenvalue weighted by Gasteiger charge is -2.38. The lowest BCUT2D eigenvalue weighted by Crippen LogP contribution is -2.56. The zero-order chi connectivity index (χ0) is 36.9. The number of hydrogen-bond donors (Lipinski definition) is 1. The van der Waals surface area contributed by atoms with Crippen LogP contribution in [0.3, 0.4) is 0 Å². The van der Waals surface area contributed by atoms with Gasteiger partial charge in [0.1, 0.15) is 22.2 Å². The van der Waals surface area contributed by atoms with Crippen molar-refractivity contribution in [2.24, 2.45) is 0 Å². The monoisotopic (exact) mass is 738 g/mol. The second-order valence-electron chi connectivity index (χ2n) is 12.6. The van der Waals surface area contributed by atoms with Gasteiger partial charge < -0.3 is 19.6 Å². The van der Waals surface area contributed by atoms with Crippen molar-refractivity contribution in [3.63, 3.8) is 0 Å². The summed E-state index contributed by atoms with van der Waals surface area (Å²) in [5.74, 6) is -3.67. The standard InChI is InChI=1S/C33H31F9N2O5S/c1-29(46)13-16-43(17-14-29)28(45)44-18-15-30(20-44,50(47,48)24-11-9-23(34)10-12-24)21-5-7-22(8-6-21)31(32(37,38)39,33(40,41)42)49-19-25-26(35)3-2-4-27(25)36/h2-12,46H,13-20H2,1H3/t30-/m0/s1. The highest BCUT2D eigenvalue weighted by Crippen LogP contribution is 2.54. The van der Waals surface area contributed by atoms with E-state index in [1.807, 2.05) is 0 Å². The molecular weight excluding hydrogens is 707 g/mol. The summed E-state index contributed by atoms with van der Waals surface area (Å²) < 4.78 is 160. The van der Waals surface area contributed by atoms with Crippen molar-refractivity contribution in [3.8, 4) is 0 Å². The van der Waals surface area contributed by atoms with E-state index in [0.717, 1.165) is 42.5 Å². The minimum Gasteiger partial charge on any atom is -0.390 e. The number of nitrogens with zero attached hydrogens (tertiary/aromatic N) is 2. The van der Waals surface area contributed by atoms with Crippen LogP contribution in [-0.4, -0.2) is 73.5 Å². The number of carbonyl (C=O) groups is 1. The number of likely N-dealkylation sites (tertiary alicyclic amines) is 2. The van der Waals surface area contributed by atoms with E-state index in [0.29, 0.717) is 24.3 Å². The second-order valence-corrected chi connectivity index (χ2v) is 14.9. The molecule has 2 saturated heterocycles. The van der Waals surface area contributed by atoms with Crippen molar-refractivity contribution in [2.75, 3.05) is 26.2 Å². The van der Waals surface area contributed by atoms with Crippen LogP contribution < -0.4 is 0 Å². The molecule has 0 radical (unpaired) electrons. The molecule has 2 aliphatic heterocycles. The van der Waals surface area contributed by atoms with Gasteiger partial charge in [0.25, 0.3) is 5.60 Å². The van der Waals surface area contributed by atoms with Gasteiger partial charge in [-0.1, -0.05) is 30.3 Å². The van der Waals surface area contributed by atoms with Crippen LogP contribution in [0.5, 0.6) is 0 Å². The number of alkyl halides is 6. The van der Waals surface area contributed by atoms with Gasteiger partial charge in [0.2, 0.25) is 0 Å². The molecule has 0 bridgehead atoms. The third-order valence-corrected chi connectivity index (χ3v) is 11.9. The molecule has 5 rings (SSSR count). The maximum Gasteiger partial charge on any atom is 0.430 e. The number of amides is 2. The van der Waals surface area contributed by atoms with Crippen LogP contribution in [0.1, 0.15) is 42.9 Å². The Kier molecular flexibility index (Phi) is 9.77. The molecule has 50 heavy (non-hydrogen) atoms. The van der Waals surface area contributed by atoms with Gasteiger partial charge in [0.05, 0.1) is 17.1 Å². The maximum absolute atomic E-state index is 14.5. The first-order valence-corrected chi connectivity index (χ1v) is 16.7. The van der Waals surface area contributed by atoms with Crippen molar-refractivity contribution in [1.82, 2.24) is 9.80 Å². The lowest BCUT2D eigenvalue weighted by atomic mass is 9.88. The minimum atomic E-state index is -6.23. The number of ether oxygens (including phenoxy) is 1. The third-order valence-electron chi connectivity index (χ3n) is 9.36. The number of urea groups is 1. The maximum atomic E-state index is 14.5. The summed E-state index contributed by atoms with van der Waals surface area (Å²) in [6, 6.07) is 7.36. The summed E-state index contributed by atoms with van der Waals surface area (Å²) in [5, 5.41) is 10.3. The van der Waals surface area contributed by atoms with Gasteiger partial charge in [-0.15, -0.1) is 0 Å². The Morgan fingerprint density at radius 3 is 1.84 bits per heavy atom. The number of aliphatic hydroxyl groups is 1. The minimum absolute atomic E-state index is 0.141. The molecular formula is C33H31F9N2O5S. The SMILES string of the molecule is CC1(O)CCN(C(=O)N2CC[C@](c3ccc(C(OCc4c(F)cccc4F)(C(F)(F)F)C(F)(F)F)cc3)(S(=O)(=O)c3ccc(F)cc3)C2)CC1. The Morgan fingerprint density at radius 2 is 1.32 bits per heavy atom. The molecule has 17 heteroatoms. The zero-order valence-corrected chi connectivity index (χ0v) is 27.1. The molecule has 2 amide bonds. The Hall–Kier alpha value is -3.83. The average molecular weight is 739 g/mol. The molecule has 0 aromatic heterocycles. The second kappa shape index (κ2) is 13.1. The number of sulfone groups is 1. The Bertz CT molecular complexity index is 1790. The van der Waals surface area contributed by atoms with E-state index in [1.165, 1.54) is 9.80 Å². The van der Waals surface area contributed by atoms with Crippen molar-refractivity contribution in [2.45, 2.75) is 66.0 Å². The third kappa shape index (κ3) is 6.54. The molecule has 1 atom stereocenters. The molecule has 2 fully saturated rings. The van der Waals surface area contributed by atoms with Crippen LogP contribution in [0.25, 0.3) is 0 Å². The molecule has 0 saturated carbocycles. The smallest absolute Gasteiger partial charge is 0.390 e. The molecule has 3 aromatic carbocycles. The fraction of sp³-hybridized carbons (Fsp3) is 0.424. The normalized spacial score (nSPS) is 20.3. The fourth-order valence-corrected chi connectivity index (χ4v) is 8.45. The van der Waals surface area contributed by atoms with Crippen LogP contribution in [0.2, 0.25) is 0 Å². The van der Waals surface area contributed by atoms with Gasteiger partial charge in [0, 0.05) is 37.3 Å². The number of hydrogen-bond acceptors (Lipinski definition) is 5. The number of piperidine rings is 1. The molecule has 2 heterocycles. The van der Waals surface area contributed by atoms with E-state index in [-0.39, 0.29) is 44.5 Å². The molecule has 3 aromatic rings. The van der Waals surface area contributed by atoms with E-state index in [4.69, 9.17) is 0 Å². The summed E-state index contributed by atoms with van der Waals surface area (Å²) in [5.41, 5.74) is -9.14. The first kappa shape index (κ1) is 37.4. The van der Waals surface area contributed by atoms with Crippen molar-refractivity contribution < 1.29 is 62.6 Å². The Labute approximate surface area is 281 Å². The Morgan fingerprint density at radius 1 is 0.800 bits per heavy atom. The Balaban J connectivity index is 1.58. The van der Waals surface area contributed by atoms with Crippen LogP contribution in [0, 0.1) is 17.5 Å². The molecule has 1 N–H and O–H groups in total. The van der Waals surface area contributed by atoms with E-state index in [1.54, 1.807) is 6.92 Å². The molecule has 0 aliphatic carbocycles. The number of carbonyl (C=O) groups excluding carboxylic acids is 1. The molecule has 2 aliphatic rings. The zero-order valence-electron chi connectivity index (χ0n) is 26.3. The average Bonchev–Trinajstić information content (AvgIpc) is 3.49. The van der Waals surface area contributed by atoms with Gasteiger partial charge in [-0.2, -0.15) is 26.3 Å². The van der Waals surface area contributed by atoms with E-state index in [9.17, 15) is 57.8 Å². The molecule has 7 nitrogen and oxygen atoms in total. The summed E-state index contributed by atoms with van der Waals surface area (Å²) in [4.78, 5) is 15.7. The highest BCUT2D eigenvalue weighted by molar-refractivity contribution is 7.92. The summed E-state index contributed by atoms with van der Waals surface area (Å²) >= 11 is 0. The van der Waals surface area contributed by atoms with Crippen LogP contribution in [0.15, 0.2) is 71.6 Å². The fourth-order valence-electron chi connectivity index (χ4n) is 6.37. The number of halogens is 9. The predicted molar refractivity (Wildman–Crippen MR) is 160 cm³/mol. The summed E-state index contributed by atoms with van der Waals surface area (Å²) in [6.45, 7) is -0.634. The first-order chi connectivity index (χ1) is 23.2. The highest BCUT2D eigenvalue weighted by atomic mass is 32.2. The van der Waals surface area contributed by atoms with Crippen LogP contribution in [0.4, 0.5) is 44.3 Å². The van der Waals surface area contributed by atoms with Gasteiger partial charge in [-0.25, -0.2) is 26.4 Å². The number of rotatable bonds is 7. The van der Waals surface area contributed by atoms with Crippen LogP contribution in [-0.2, 0) is 31.5 Å². The van der Waals surface area contributed by atoms with E-state index < -0.39 is 90.8 Å². The lowest BCUT2D eigenvalue weighted by molar-refractivity contribution is -0.392. The first-order valence-electron chi connectivity index (χ1n) is 15.2. The van der Waals surface area contributed by atoms with Gasteiger partial charge in [0.15, 0.2) is 9.84 Å². The van der Waals surface area contributed by atoms with Gasteiger partial charge in [-0.3, -0.25) is 0 Å². The van der Waals surface area contributed by atoms with Gasteiger partial charge in [-0.05, 0) is 68.1 Å². The largest absolute Gasteiger partial charge is 0.430 e. The topological polar surface area (TPSA) is 87.2 Å². The molecule has 272 valence electrons. The predicted octanol–water partition coefficient (Wildman–Crippen LogP) is 6.98. The molecule has 0 spiro atoms.